The van der Waals surface area contributed by atoms with Gasteiger partial charge in [-0.3, -0.25) is 4.79 Å². The Balaban J connectivity index is 2.18. The van der Waals surface area contributed by atoms with E-state index in [0.29, 0.717) is 5.56 Å². The molecule has 1 aliphatic heterocycles. The van der Waals surface area contributed by atoms with Crippen molar-refractivity contribution in [1.29, 1.82) is 0 Å². The van der Waals surface area contributed by atoms with E-state index in [0.717, 1.165) is 12.0 Å². The van der Waals surface area contributed by atoms with Gasteiger partial charge in [0.25, 0.3) is 5.72 Å². The first-order valence-corrected chi connectivity index (χ1v) is 8.29. The number of hydrogen-bond donors (Lipinski definition) is 2. The molecule has 1 aliphatic rings. The minimum absolute atomic E-state index is 0.0290. The van der Waals surface area contributed by atoms with Gasteiger partial charge in [0.2, 0.25) is 5.78 Å². The first-order chi connectivity index (χ1) is 12.4. The molecule has 0 saturated carbocycles. The molecule has 1 saturated heterocycles. The lowest BCUT2D eigenvalue weighted by molar-refractivity contribution is -0.188. The van der Waals surface area contributed by atoms with Gasteiger partial charge in [0.1, 0.15) is 5.92 Å². The Labute approximate surface area is 155 Å². The Morgan fingerprint density at radius 2 is 1.96 bits per heavy atom. The Kier molecular flexibility index (Phi) is 4.80. The molecule has 8 heteroatoms. The lowest BCUT2D eigenvalue weighted by Gasteiger charge is -2.48. The third-order valence-electron chi connectivity index (χ3n) is 4.55. The van der Waals surface area contributed by atoms with E-state index in [9.17, 15) is 14.7 Å². The first kappa shape index (κ1) is 18.1. The van der Waals surface area contributed by atoms with Crippen LogP contribution in [0.4, 0.5) is 0 Å². The van der Waals surface area contributed by atoms with Crippen LogP contribution in [0.1, 0.15) is 22.2 Å². The number of likely N-dealkylation sites (N-methyl/N-ethyl adjacent to an activating group) is 1. The second-order valence-corrected chi connectivity index (χ2v) is 6.32. The van der Waals surface area contributed by atoms with Crippen molar-refractivity contribution >= 4 is 29.1 Å². The highest BCUT2D eigenvalue weighted by Crippen LogP contribution is 2.40. The average Bonchev–Trinajstić information content (AvgIpc) is 3.20. The van der Waals surface area contributed by atoms with Gasteiger partial charge in [0.15, 0.2) is 10.9 Å². The summed E-state index contributed by atoms with van der Waals surface area (Å²) in [5.41, 5.74) is -1.60. The van der Waals surface area contributed by atoms with Crippen molar-refractivity contribution in [2.45, 2.75) is 11.8 Å². The van der Waals surface area contributed by atoms with E-state index >= 15 is 0 Å². The van der Waals surface area contributed by atoms with Crippen LogP contribution in [0.2, 0.25) is 0 Å². The number of rotatable bonds is 4. The number of thiocarbonyl (C=S) groups is 1. The van der Waals surface area contributed by atoms with Crippen molar-refractivity contribution in [3.05, 3.63) is 60.1 Å². The molecule has 3 rings (SSSR count). The smallest absolute Gasteiger partial charge is 0.360 e. The second-order valence-electron chi connectivity index (χ2n) is 5.93. The minimum Gasteiger partial charge on any atom is -0.465 e. The van der Waals surface area contributed by atoms with Crippen molar-refractivity contribution in [2.75, 3.05) is 14.2 Å². The number of methoxy groups -OCH3 is 1. The number of ketones is 1. The van der Waals surface area contributed by atoms with E-state index in [1.165, 1.54) is 19.4 Å². The van der Waals surface area contributed by atoms with Gasteiger partial charge in [0, 0.05) is 7.05 Å². The Hall–Kier alpha value is -2.71. The molecule has 2 N–H and O–H groups in total. The van der Waals surface area contributed by atoms with Gasteiger partial charge in [-0.2, -0.15) is 0 Å². The number of ether oxygens (including phenoxy) is 1. The van der Waals surface area contributed by atoms with E-state index < -0.39 is 29.4 Å². The van der Waals surface area contributed by atoms with Crippen LogP contribution in [0.15, 0.2) is 53.1 Å². The number of hydrogen-bond acceptors (Lipinski definition) is 6. The van der Waals surface area contributed by atoms with Crippen LogP contribution in [0.25, 0.3) is 0 Å². The summed E-state index contributed by atoms with van der Waals surface area (Å²) in [6, 6.07) is 11.3. The molecule has 2 heterocycles. The summed E-state index contributed by atoms with van der Waals surface area (Å²) < 4.78 is 10.0. The van der Waals surface area contributed by atoms with Crippen molar-refractivity contribution in [3.8, 4) is 0 Å². The van der Waals surface area contributed by atoms with E-state index in [1.54, 1.807) is 30.3 Å². The molecule has 0 amide bonds. The number of benzene rings is 1. The van der Waals surface area contributed by atoms with Crippen LogP contribution in [0.5, 0.6) is 0 Å². The molecule has 2 aromatic rings. The van der Waals surface area contributed by atoms with Crippen LogP contribution in [-0.4, -0.2) is 46.8 Å². The summed E-state index contributed by atoms with van der Waals surface area (Å²) in [5.74, 6) is -2.74. The zero-order valence-corrected chi connectivity index (χ0v) is 15.0. The van der Waals surface area contributed by atoms with Crippen LogP contribution in [0, 0.1) is 5.92 Å². The average molecular weight is 374 g/mol. The topological polar surface area (TPSA) is 92.0 Å². The number of carbonyl (C=O) groups excluding carboxylic acids is 2. The minimum atomic E-state index is -2.29. The number of Topliss-reactive ketones (excluding diaryl/α,β-unsaturated/α-hetero) is 1. The van der Waals surface area contributed by atoms with Gasteiger partial charge in [-0.25, -0.2) is 4.79 Å². The Morgan fingerprint density at radius 3 is 2.54 bits per heavy atom. The normalized spacial score (nSPS) is 25.5. The fourth-order valence-electron chi connectivity index (χ4n) is 3.17. The standard InChI is InChI=1S/C18H18N2O5S/c1-20-17(26)19-14(11-7-4-3-5-8-11)13(18(20,23)16(22)24-2)15(21)12-9-6-10-25-12/h3-10,13-14,23H,1-2H3,(H,19,26)/t13-,14+,18+/m0/s1. The number of nitrogens with one attached hydrogen (secondary N) is 1. The van der Waals surface area contributed by atoms with Gasteiger partial charge < -0.3 is 24.5 Å². The van der Waals surface area contributed by atoms with Crippen molar-refractivity contribution in [2.24, 2.45) is 5.92 Å². The van der Waals surface area contributed by atoms with Gasteiger partial charge in [-0.15, -0.1) is 0 Å². The van der Waals surface area contributed by atoms with E-state index in [-0.39, 0.29) is 10.9 Å². The molecule has 3 atom stereocenters. The first-order valence-electron chi connectivity index (χ1n) is 7.89. The molecule has 1 aromatic heterocycles. The predicted octanol–water partition coefficient (Wildman–Crippen LogP) is 1.50. The lowest BCUT2D eigenvalue weighted by Crippen LogP contribution is -2.70. The SMILES string of the molecule is COC(=O)[C@]1(O)[C@H](C(=O)c2ccco2)[C@@H](c2ccccc2)NC(=S)N1C. The monoisotopic (exact) mass is 374 g/mol. The highest BCUT2D eigenvalue weighted by Gasteiger charge is 2.60. The van der Waals surface area contributed by atoms with E-state index in [2.05, 4.69) is 5.32 Å². The lowest BCUT2D eigenvalue weighted by atomic mass is 9.78. The summed E-state index contributed by atoms with van der Waals surface area (Å²) in [7, 11) is 2.57. The van der Waals surface area contributed by atoms with Crippen molar-refractivity contribution in [1.82, 2.24) is 10.2 Å². The van der Waals surface area contributed by atoms with Crippen molar-refractivity contribution < 1.29 is 23.8 Å². The maximum Gasteiger partial charge on any atom is 0.360 e. The summed E-state index contributed by atoms with van der Waals surface area (Å²) in [6.45, 7) is 0. The fourth-order valence-corrected chi connectivity index (χ4v) is 3.43. The number of esters is 1. The number of carbonyl (C=O) groups is 2. The number of furan rings is 1. The van der Waals surface area contributed by atoms with Gasteiger partial charge >= 0.3 is 5.97 Å². The molecule has 0 spiro atoms. The Morgan fingerprint density at radius 1 is 1.27 bits per heavy atom. The second kappa shape index (κ2) is 6.89. The van der Waals surface area contributed by atoms with Crippen LogP contribution in [0.3, 0.4) is 0 Å². The molecule has 1 aromatic carbocycles. The molecular formula is C18H18N2O5S. The van der Waals surface area contributed by atoms with E-state index in [4.69, 9.17) is 21.4 Å². The summed E-state index contributed by atoms with van der Waals surface area (Å²) in [5, 5.41) is 14.5. The van der Waals surface area contributed by atoms with Gasteiger partial charge in [0.05, 0.1) is 19.4 Å². The van der Waals surface area contributed by atoms with Crippen LogP contribution < -0.4 is 5.32 Å². The van der Waals surface area contributed by atoms with Crippen LogP contribution >= 0.6 is 12.2 Å². The molecule has 136 valence electrons. The summed E-state index contributed by atoms with van der Waals surface area (Å²) >= 11 is 5.27. The van der Waals surface area contributed by atoms with Crippen LogP contribution in [-0.2, 0) is 9.53 Å². The fraction of sp³-hybridized carbons (Fsp3) is 0.278. The molecule has 1 fully saturated rings. The molecule has 0 aliphatic carbocycles. The number of nitrogens with zero attached hydrogens (tertiary/aromatic N) is 1. The Bertz CT molecular complexity index is 823. The van der Waals surface area contributed by atoms with Gasteiger partial charge in [-0.1, -0.05) is 30.3 Å². The zero-order valence-electron chi connectivity index (χ0n) is 14.2. The molecular weight excluding hydrogens is 356 g/mol. The summed E-state index contributed by atoms with van der Waals surface area (Å²) in [4.78, 5) is 26.8. The molecule has 0 bridgehead atoms. The highest BCUT2D eigenvalue weighted by atomic mass is 32.1. The maximum atomic E-state index is 13.2. The quantitative estimate of drug-likeness (QED) is 0.473. The zero-order chi connectivity index (χ0) is 18.9. The third-order valence-corrected chi connectivity index (χ3v) is 4.94. The largest absolute Gasteiger partial charge is 0.465 e. The number of aliphatic hydroxyl groups is 1. The maximum absolute atomic E-state index is 13.2. The molecule has 7 nitrogen and oxygen atoms in total. The molecule has 26 heavy (non-hydrogen) atoms. The molecule has 0 radical (unpaired) electrons. The molecule has 0 unspecified atom stereocenters. The predicted molar refractivity (Wildman–Crippen MR) is 96.2 cm³/mol. The third kappa shape index (κ3) is 2.77. The highest BCUT2D eigenvalue weighted by molar-refractivity contribution is 7.80. The van der Waals surface area contributed by atoms with Gasteiger partial charge in [-0.05, 0) is 29.9 Å². The van der Waals surface area contributed by atoms with E-state index in [1.807, 2.05) is 6.07 Å². The van der Waals surface area contributed by atoms with Crippen molar-refractivity contribution in [3.63, 3.8) is 0 Å². The summed E-state index contributed by atoms with van der Waals surface area (Å²) in [6.07, 6.45) is 1.35.